The molecule has 0 aromatic heterocycles. The summed E-state index contributed by atoms with van der Waals surface area (Å²) in [5, 5.41) is 5.14. The quantitative estimate of drug-likeness (QED) is 0.645. The summed E-state index contributed by atoms with van der Waals surface area (Å²) in [6.07, 6.45) is -4.40. The monoisotopic (exact) mass is 438 g/mol. The van der Waals surface area contributed by atoms with E-state index in [1.54, 1.807) is 14.1 Å². The van der Waals surface area contributed by atoms with E-state index in [-0.39, 0.29) is 11.7 Å². The van der Waals surface area contributed by atoms with Gasteiger partial charge < -0.3 is 20.4 Å². The highest BCUT2D eigenvalue weighted by molar-refractivity contribution is 5.89. The summed E-state index contributed by atoms with van der Waals surface area (Å²) in [6, 6.07) is 11.8. The van der Waals surface area contributed by atoms with Crippen molar-refractivity contribution in [3.05, 3.63) is 59.7 Å². The molecule has 2 aromatic rings. The molecule has 0 saturated heterocycles. The summed E-state index contributed by atoms with van der Waals surface area (Å²) >= 11 is 0. The first-order valence-electron chi connectivity index (χ1n) is 9.55. The van der Waals surface area contributed by atoms with Gasteiger partial charge in [-0.15, -0.1) is 0 Å². The van der Waals surface area contributed by atoms with E-state index in [9.17, 15) is 22.8 Å². The van der Waals surface area contributed by atoms with E-state index < -0.39 is 17.8 Å². The van der Waals surface area contributed by atoms with Crippen LogP contribution < -0.4 is 10.6 Å². The summed E-state index contributed by atoms with van der Waals surface area (Å²) in [7, 11) is 6.45. The molecule has 0 aliphatic carbocycles. The van der Waals surface area contributed by atoms with Crippen LogP contribution in [0.5, 0.6) is 0 Å². The first-order chi connectivity index (χ1) is 14.3. The van der Waals surface area contributed by atoms with Gasteiger partial charge in [0, 0.05) is 39.6 Å². The third kappa shape index (κ3) is 8.98. The Bertz CT molecular complexity index is 864. The van der Waals surface area contributed by atoms with Crippen LogP contribution in [0.3, 0.4) is 0 Å². The molecule has 0 aliphatic rings. The molecule has 2 N–H and O–H groups in total. The molecule has 2 aromatic carbocycles. The highest BCUT2D eigenvalue weighted by Gasteiger charge is 2.30. The fraction of sp³-hybridized carbons (Fsp3) is 0.364. The van der Waals surface area contributed by atoms with Crippen molar-refractivity contribution in [2.75, 3.05) is 38.8 Å². The van der Waals surface area contributed by atoms with Crippen LogP contribution in [0.2, 0.25) is 0 Å². The van der Waals surface area contributed by atoms with Crippen molar-refractivity contribution in [2.45, 2.75) is 25.9 Å². The van der Waals surface area contributed by atoms with E-state index in [4.69, 9.17) is 0 Å². The number of benzene rings is 2. The Morgan fingerprint density at radius 3 is 1.71 bits per heavy atom. The molecule has 31 heavy (non-hydrogen) atoms. The zero-order valence-corrected chi connectivity index (χ0v) is 18.5. The molecule has 0 fully saturated rings. The minimum atomic E-state index is -4.40. The number of rotatable bonds is 3. The maximum Gasteiger partial charge on any atom is 0.416 e. The highest BCUT2D eigenvalue weighted by Crippen LogP contribution is 2.30. The average Bonchev–Trinajstić information content (AvgIpc) is 2.68. The second-order valence-electron chi connectivity index (χ2n) is 7.50. The van der Waals surface area contributed by atoms with Crippen molar-refractivity contribution in [1.82, 2.24) is 9.80 Å². The Balaban J connectivity index is 0.000000311. The second kappa shape index (κ2) is 11.2. The number of anilines is 2. The summed E-state index contributed by atoms with van der Waals surface area (Å²) < 4.78 is 37.0. The minimum absolute atomic E-state index is 0.104. The van der Waals surface area contributed by atoms with Gasteiger partial charge in [-0.3, -0.25) is 0 Å². The van der Waals surface area contributed by atoms with E-state index in [1.807, 2.05) is 24.3 Å². The first kappa shape index (κ1) is 25.8. The Morgan fingerprint density at radius 2 is 1.29 bits per heavy atom. The van der Waals surface area contributed by atoms with E-state index in [0.29, 0.717) is 5.92 Å². The van der Waals surface area contributed by atoms with Crippen LogP contribution >= 0.6 is 0 Å². The van der Waals surface area contributed by atoms with Crippen LogP contribution in [0.1, 0.15) is 30.9 Å². The van der Waals surface area contributed by atoms with Crippen molar-refractivity contribution in [3.8, 4) is 0 Å². The van der Waals surface area contributed by atoms with Gasteiger partial charge in [-0.25, -0.2) is 9.59 Å². The van der Waals surface area contributed by atoms with Gasteiger partial charge in [-0.05, 0) is 41.8 Å². The number of amides is 4. The Labute approximate surface area is 181 Å². The third-order valence-electron chi connectivity index (χ3n) is 4.08. The number of urea groups is 2. The lowest BCUT2D eigenvalue weighted by Crippen LogP contribution is -2.27. The zero-order chi connectivity index (χ0) is 23.8. The zero-order valence-electron chi connectivity index (χ0n) is 18.5. The normalized spacial score (nSPS) is 10.6. The summed E-state index contributed by atoms with van der Waals surface area (Å²) in [5.74, 6) is 0.517. The number of alkyl halides is 3. The lowest BCUT2D eigenvalue weighted by atomic mass is 10.0. The van der Waals surface area contributed by atoms with Crippen molar-refractivity contribution >= 4 is 23.4 Å². The van der Waals surface area contributed by atoms with Crippen LogP contribution in [0, 0.1) is 0 Å². The summed E-state index contributed by atoms with van der Waals surface area (Å²) in [6.45, 7) is 4.29. The van der Waals surface area contributed by atoms with Gasteiger partial charge in [0.15, 0.2) is 0 Å². The summed E-state index contributed by atoms with van der Waals surface area (Å²) in [4.78, 5) is 25.3. The van der Waals surface area contributed by atoms with Crippen molar-refractivity contribution < 1.29 is 22.8 Å². The predicted molar refractivity (Wildman–Crippen MR) is 117 cm³/mol. The van der Waals surface area contributed by atoms with Gasteiger partial charge in [0.2, 0.25) is 0 Å². The van der Waals surface area contributed by atoms with E-state index in [1.165, 1.54) is 41.6 Å². The van der Waals surface area contributed by atoms with E-state index >= 15 is 0 Å². The lowest BCUT2D eigenvalue weighted by molar-refractivity contribution is -0.137. The third-order valence-corrected chi connectivity index (χ3v) is 4.08. The average molecular weight is 438 g/mol. The fourth-order valence-corrected chi connectivity index (χ4v) is 2.20. The van der Waals surface area contributed by atoms with Crippen LogP contribution in [0.15, 0.2) is 48.5 Å². The van der Waals surface area contributed by atoms with Crippen molar-refractivity contribution in [3.63, 3.8) is 0 Å². The number of nitrogens with one attached hydrogen (secondary N) is 2. The van der Waals surface area contributed by atoms with Crippen LogP contribution in [0.25, 0.3) is 0 Å². The van der Waals surface area contributed by atoms with Crippen LogP contribution in [0.4, 0.5) is 34.1 Å². The van der Waals surface area contributed by atoms with Crippen LogP contribution in [-0.4, -0.2) is 50.1 Å². The molecule has 170 valence electrons. The maximum absolute atomic E-state index is 12.3. The number of carbonyl (C=O) groups excluding carboxylic acids is 2. The molecule has 0 spiro atoms. The number of hydrogen-bond donors (Lipinski definition) is 2. The van der Waals surface area contributed by atoms with E-state index in [0.717, 1.165) is 17.8 Å². The number of nitrogens with zero attached hydrogens (tertiary/aromatic N) is 2. The van der Waals surface area contributed by atoms with Gasteiger partial charge in [-0.1, -0.05) is 32.0 Å². The largest absolute Gasteiger partial charge is 0.416 e. The van der Waals surface area contributed by atoms with Gasteiger partial charge in [-0.2, -0.15) is 13.2 Å². The van der Waals surface area contributed by atoms with Gasteiger partial charge >= 0.3 is 18.2 Å². The molecule has 0 aliphatic heterocycles. The number of carbonyl (C=O) groups is 2. The highest BCUT2D eigenvalue weighted by atomic mass is 19.4. The Hall–Kier alpha value is -3.23. The molecule has 0 unspecified atom stereocenters. The van der Waals surface area contributed by atoms with Gasteiger partial charge in [0.25, 0.3) is 0 Å². The molecule has 0 heterocycles. The SMILES string of the molecule is CC(C)c1ccc(NC(=O)N(C)C)cc1.CN(C)C(=O)Nc1cccc(C(F)(F)F)c1. The van der Waals surface area contributed by atoms with Crippen molar-refractivity contribution in [1.29, 1.82) is 0 Å². The standard InChI is InChI=1S/C12H18N2O.C10H11F3N2O/c1-9(2)10-5-7-11(8-6-10)13-12(15)14(3)4;1-15(2)9(16)14-8-5-3-4-7(6-8)10(11,12)13/h5-9H,1-4H3,(H,13,15);3-6H,1-2H3,(H,14,16). The maximum atomic E-state index is 12.3. The molecular weight excluding hydrogens is 409 g/mol. The molecule has 9 heteroatoms. The minimum Gasteiger partial charge on any atom is -0.331 e. The van der Waals surface area contributed by atoms with Crippen molar-refractivity contribution in [2.24, 2.45) is 0 Å². The molecule has 2 rings (SSSR count). The van der Waals surface area contributed by atoms with Gasteiger partial charge in [0.1, 0.15) is 0 Å². The summed E-state index contributed by atoms with van der Waals surface area (Å²) in [5.41, 5.74) is 1.44. The Kier molecular flexibility index (Phi) is 9.36. The lowest BCUT2D eigenvalue weighted by Gasteiger charge is -2.13. The second-order valence-corrected chi connectivity index (χ2v) is 7.50. The topological polar surface area (TPSA) is 64.7 Å². The first-order valence-corrected chi connectivity index (χ1v) is 9.55. The molecule has 0 saturated carbocycles. The number of halogens is 3. The molecular formula is C22H29F3N4O2. The predicted octanol–water partition coefficient (Wildman–Crippen LogP) is 5.70. The Morgan fingerprint density at radius 1 is 0.806 bits per heavy atom. The molecule has 0 radical (unpaired) electrons. The molecule has 6 nitrogen and oxygen atoms in total. The smallest absolute Gasteiger partial charge is 0.331 e. The molecule has 4 amide bonds. The number of hydrogen-bond acceptors (Lipinski definition) is 2. The molecule has 0 atom stereocenters. The fourth-order valence-electron chi connectivity index (χ4n) is 2.20. The van der Waals surface area contributed by atoms with Gasteiger partial charge in [0.05, 0.1) is 5.56 Å². The molecule has 0 bridgehead atoms. The van der Waals surface area contributed by atoms with Crippen LogP contribution in [-0.2, 0) is 6.18 Å². The van der Waals surface area contributed by atoms with E-state index in [2.05, 4.69) is 24.5 Å².